The molecular weight excluding hydrogens is 499 g/mol. The van der Waals surface area contributed by atoms with Crippen LogP contribution in [0.15, 0.2) is 102 Å². The number of rotatable bonds is 7. The van der Waals surface area contributed by atoms with Gasteiger partial charge in [0.2, 0.25) is 0 Å². The molecule has 0 fully saturated rings. The lowest BCUT2D eigenvalue weighted by Gasteiger charge is -2.21. The number of benzene rings is 3. The molecule has 0 aliphatic carbocycles. The minimum Gasteiger partial charge on any atom is -0.327 e. The quantitative estimate of drug-likeness (QED) is 0.309. The molecule has 1 atom stereocenters. The van der Waals surface area contributed by atoms with E-state index in [2.05, 4.69) is 10.3 Å². The number of nitrogens with one attached hydrogen (secondary N) is 2. The lowest BCUT2D eigenvalue weighted by atomic mass is 10.1. The molecule has 7 nitrogen and oxygen atoms in total. The zero-order chi connectivity index (χ0) is 25.1. The molecule has 0 aliphatic heterocycles. The standard InChI is InChI=1S/C26H21FN4O3S2/c27-21-8-4-5-9-24(21)36(33,34)30-26(32)29-22(16-18-6-2-1-3-7-18)25-28-13-14-31(25)20-10-11-23-19(17-20)12-15-35-23/h1-15,17,22H,16H2,(H2,29,30,32)/t22-/m0/s1. The molecule has 2 aromatic heterocycles. The Balaban J connectivity index is 1.46. The van der Waals surface area contributed by atoms with Crippen LogP contribution in [0.5, 0.6) is 0 Å². The number of hydrogen-bond acceptors (Lipinski definition) is 5. The number of hydrogen-bond donors (Lipinski definition) is 2. The van der Waals surface area contributed by atoms with Gasteiger partial charge in [-0.25, -0.2) is 27.3 Å². The largest absolute Gasteiger partial charge is 0.329 e. The molecule has 0 unspecified atom stereocenters. The summed E-state index contributed by atoms with van der Waals surface area (Å²) in [6, 6.07) is 20.7. The van der Waals surface area contributed by atoms with Gasteiger partial charge in [0, 0.05) is 22.8 Å². The Kier molecular flexibility index (Phi) is 6.53. The fourth-order valence-electron chi connectivity index (χ4n) is 3.98. The van der Waals surface area contributed by atoms with Crippen LogP contribution >= 0.6 is 11.3 Å². The molecule has 5 aromatic rings. The van der Waals surface area contributed by atoms with Gasteiger partial charge in [0.25, 0.3) is 10.0 Å². The lowest BCUT2D eigenvalue weighted by Crippen LogP contribution is -2.42. The number of fused-ring (bicyclic) bond motifs is 1. The van der Waals surface area contributed by atoms with Gasteiger partial charge in [0.05, 0.1) is 6.04 Å². The molecule has 5 rings (SSSR count). The first-order chi connectivity index (χ1) is 17.4. The maximum Gasteiger partial charge on any atom is 0.329 e. The van der Waals surface area contributed by atoms with E-state index in [1.165, 1.54) is 12.1 Å². The van der Waals surface area contributed by atoms with Crippen molar-refractivity contribution >= 4 is 37.5 Å². The molecule has 0 aliphatic rings. The van der Waals surface area contributed by atoms with Crippen LogP contribution in [0.4, 0.5) is 9.18 Å². The minimum absolute atomic E-state index is 0.353. The number of nitrogens with zero attached hydrogens (tertiary/aromatic N) is 2. The van der Waals surface area contributed by atoms with Gasteiger partial charge in [-0.1, -0.05) is 42.5 Å². The van der Waals surface area contributed by atoms with Crippen LogP contribution in [0.3, 0.4) is 0 Å². The second-order valence-corrected chi connectivity index (χ2v) is 10.6. The van der Waals surface area contributed by atoms with Crippen LogP contribution < -0.4 is 10.0 Å². The highest BCUT2D eigenvalue weighted by Crippen LogP contribution is 2.26. The zero-order valence-electron chi connectivity index (χ0n) is 18.8. The van der Waals surface area contributed by atoms with Crippen molar-refractivity contribution in [1.29, 1.82) is 0 Å². The fourth-order valence-corrected chi connectivity index (χ4v) is 5.75. The van der Waals surface area contributed by atoms with Crippen LogP contribution in [0.2, 0.25) is 0 Å². The zero-order valence-corrected chi connectivity index (χ0v) is 20.5. The minimum atomic E-state index is -4.42. The number of thiophene rings is 1. The molecule has 10 heteroatoms. The number of sulfonamides is 1. The van der Waals surface area contributed by atoms with Gasteiger partial charge in [-0.3, -0.25) is 0 Å². The second kappa shape index (κ2) is 9.92. The van der Waals surface area contributed by atoms with E-state index >= 15 is 0 Å². The summed E-state index contributed by atoms with van der Waals surface area (Å²) in [4.78, 5) is 16.8. The summed E-state index contributed by atoms with van der Waals surface area (Å²) in [6.45, 7) is 0. The monoisotopic (exact) mass is 520 g/mol. The molecular formula is C26H21FN4O3S2. The number of imidazole rings is 1. The van der Waals surface area contributed by atoms with E-state index in [4.69, 9.17) is 0 Å². The van der Waals surface area contributed by atoms with Gasteiger partial charge in [-0.2, -0.15) is 0 Å². The van der Waals surface area contributed by atoms with Crippen LogP contribution in [0.25, 0.3) is 15.8 Å². The lowest BCUT2D eigenvalue weighted by molar-refractivity contribution is 0.241. The molecule has 0 saturated heterocycles. The van der Waals surface area contributed by atoms with E-state index in [1.54, 1.807) is 23.7 Å². The fraction of sp³-hybridized carbons (Fsp3) is 0.0769. The van der Waals surface area contributed by atoms with Gasteiger partial charge in [0.15, 0.2) is 0 Å². The average molecular weight is 521 g/mol. The van der Waals surface area contributed by atoms with Crippen molar-refractivity contribution in [3.8, 4) is 5.69 Å². The maximum absolute atomic E-state index is 14.1. The molecule has 36 heavy (non-hydrogen) atoms. The topological polar surface area (TPSA) is 93.1 Å². The molecule has 182 valence electrons. The Bertz CT molecular complexity index is 1630. The maximum atomic E-state index is 14.1. The van der Waals surface area contributed by atoms with E-state index in [9.17, 15) is 17.6 Å². The normalized spacial score (nSPS) is 12.4. The van der Waals surface area contributed by atoms with E-state index in [-0.39, 0.29) is 0 Å². The SMILES string of the molecule is O=C(N[C@@H](Cc1ccccc1)c1nccn1-c1ccc2sccc2c1)NS(=O)(=O)c1ccccc1F. The molecule has 2 heterocycles. The van der Waals surface area contributed by atoms with Gasteiger partial charge in [-0.05, 0) is 59.1 Å². The number of amides is 2. The van der Waals surface area contributed by atoms with Gasteiger partial charge >= 0.3 is 6.03 Å². The van der Waals surface area contributed by atoms with Crippen molar-refractivity contribution in [3.05, 3.63) is 114 Å². The van der Waals surface area contributed by atoms with Gasteiger partial charge in [0.1, 0.15) is 16.5 Å². The summed E-state index contributed by atoms with van der Waals surface area (Å²) in [7, 11) is -4.42. The predicted molar refractivity (Wildman–Crippen MR) is 137 cm³/mol. The average Bonchev–Trinajstić information content (AvgIpc) is 3.53. The molecule has 0 spiro atoms. The first kappa shape index (κ1) is 23.7. The third kappa shape index (κ3) is 5.00. The van der Waals surface area contributed by atoms with Crippen LogP contribution in [0, 0.1) is 5.82 Å². The Morgan fingerprint density at radius 2 is 1.81 bits per heavy atom. The first-order valence-corrected chi connectivity index (χ1v) is 13.4. The summed E-state index contributed by atoms with van der Waals surface area (Å²) in [5.41, 5.74) is 1.77. The predicted octanol–water partition coefficient (Wildman–Crippen LogP) is 5.20. The van der Waals surface area contributed by atoms with Crippen molar-refractivity contribution in [2.75, 3.05) is 0 Å². The number of aromatic nitrogens is 2. The van der Waals surface area contributed by atoms with Crippen molar-refractivity contribution in [2.24, 2.45) is 0 Å². The van der Waals surface area contributed by atoms with E-state index in [1.807, 2.05) is 69.3 Å². The van der Waals surface area contributed by atoms with Gasteiger partial charge < -0.3 is 9.88 Å². The smallest absolute Gasteiger partial charge is 0.327 e. The highest BCUT2D eigenvalue weighted by atomic mass is 32.2. The van der Waals surface area contributed by atoms with Crippen molar-refractivity contribution in [3.63, 3.8) is 0 Å². The van der Waals surface area contributed by atoms with Crippen LogP contribution in [-0.2, 0) is 16.4 Å². The summed E-state index contributed by atoms with van der Waals surface area (Å²) >= 11 is 1.64. The van der Waals surface area contributed by atoms with E-state index < -0.39 is 32.8 Å². The van der Waals surface area contributed by atoms with Crippen molar-refractivity contribution in [1.82, 2.24) is 19.6 Å². The Morgan fingerprint density at radius 3 is 2.61 bits per heavy atom. The highest BCUT2D eigenvalue weighted by Gasteiger charge is 2.25. The Hall–Kier alpha value is -4.02. The van der Waals surface area contributed by atoms with Crippen LogP contribution in [0.1, 0.15) is 17.4 Å². The summed E-state index contributed by atoms with van der Waals surface area (Å²) in [6.07, 6.45) is 3.77. The number of carbonyl (C=O) groups is 1. The van der Waals surface area contributed by atoms with Crippen LogP contribution in [-0.4, -0.2) is 24.0 Å². The summed E-state index contributed by atoms with van der Waals surface area (Å²) in [5.74, 6) is -0.426. The van der Waals surface area contributed by atoms with Crippen molar-refractivity contribution < 1.29 is 17.6 Å². The third-order valence-corrected chi connectivity index (χ3v) is 7.90. The molecule has 3 aromatic carbocycles. The summed E-state index contributed by atoms with van der Waals surface area (Å²) in [5, 5.41) is 5.82. The first-order valence-electron chi connectivity index (χ1n) is 11.0. The molecule has 0 bridgehead atoms. The second-order valence-electron chi connectivity index (χ2n) is 8.05. The van der Waals surface area contributed by atoms with E-state index in [0.29, 0.717) is 12.2 Å². The van der Waals surface area contributed by atoms with Crippen molar-refractivity contribution in [2.45, 2.75) is 17.4 Å². The Labute approximate surface area is 211 Å². The molecule has 0 saturated carbocycles. The molecule has 0 radical (unpaired) electrons. The summed E-state index contributed by atoms with van der Waals surface area (Å²) < 4.78 is 44.3. The number of halogens is 1. The number of urea groups is 1. The molecule has 2 N–H and O–H groups in total. The van der Waals surface area contributed by atoms with Gasteiger partial charge in [-0.15, -0.1) is 11.3 Å². The molecule has 2 amide bonds. The highest BCUT2D eigenvalue weighted by molar-refractivity contribution is 7.90. The van der Waals surface area contributed by atoms with E-state index in [0.717, 1.165) is 33.5 Å². The Morgan fingerprint density at radius 1 is 1.03 bits per heavy atom. The third-order valence-electron chi connectivity index (χ3n) is 5.64. The number of carbonyl (C=O) groups excluding carboxylic acids is 1.